The van der Waals surface area contributed by atoms with Gasteiger partial charge in [0.15, 0.2) is 0 Å². The van der Waals surface area contributed by atoms with Gasteiger partial charge in [-0.1, -0.05) is 13.8 Å². The van der Waals surface area contributed by atoms with Crippen LogP contribution >= 0.6 is 0 Å². The first-order valence-corrected chi connectivity index (χ1v) is 7.37. The third kappa shape index (κ3) is 3.26. The molecule has 0 aromatic carbocycles. The van der Waals surface area contributed by atoms with E-state index >= 15 is 0 Å². The van der Waals surface area contributed by atoms with Gasteiger partial charge in [0.2, 0.25) is 0 Å². The fourth-order valence-electron chi connectivity index (χ4n) is 2.86. The lowest BCUT2D eigenvalue weighted by atomic mass is 10.0. The molecule has 110 valence electrons. The van der Waals surface area contributed by atoms with Crippen LogP contribution in [0.25, 0.3) is 0 Å². The largest absolute Gasteiger partial charge is 0.354 e. The first-order valence-electron chi connectivity index (χ1n) is 7.37. The van der Waals surface area contributed by atoms with Crippen molar-refractivity contribution in [1.82, 2.24) is 4.98 Å². The number of hydrogen-bond donors (Lipinski definition) is 0. The van der Waals surface area contributed by atoms with Gasteiger partial charge in [-0.05, 0) is 44.6 Å². The van der Waals surface area contributed by atoms with Crippen molar-refractivity contribution in [3.63, 3.8) is 0 Å². The van der Waals surface area contributed by atoms with Gasteiger partial charge in [0.1, 0.15) is 11.5 Å². The SMILES string of the molecule is Cc1nc(N2CCCC2CCC(C)C)ccc1[N+](=O)[O-]. The molecule has 0 bridgehead atoms. The molecule has 1 atom stereocenters. The summed E-state index contributed by atoms with van der Waals surface area (Å²) in [5.41, 5.74) is 0.605. The van der Waals surface area contributed by atoms with E-state index in [1.165, 1.54) is 25.7 Å². The first-order chi connectivity index (χ1) is 9.49. The number of hydrogen-bond acceptors (Lipinski definition) is 4. The molecule has 2 rings (SSSR count). The van der Waals surface area contributed by atoms with Crippen LogP contribution in [0.3, 0.4) is 0 Å². The minimum Gasteiger partial charge on any atom is -0.354 e. The average Bonchev–Trinajstić information content (AvgIpc) is 2.83. The van der Waals surface area contributed by atoms with Gasteiger partial charge in [-0.2, -0.15) is 0 Å². The van der Waals surface area contributed by atoms with E-state index in [0.717, 1.165) is 12.4 Å². The zero-order chi connectivity index (χ0) is 14.7. The fourth-order valence-corrected chi connectivity index (χ4v) is 2.86. The smallest absolute Gasteiger partial charge is 0.290 e. The molecular formula is C15H23N3O2. The van der Waals surface area contributed by atoms with Gasteiger partial charge in [0.05, 0.1) is 4.92 Å². The summed E-state index contributed by atoms with van der Waals surface area (Å²) in [4.78, 5) is 17.2. The molecule has 0 amide bonds. The van der Waals surface area contributed by atoms with Crippen molar-refractivity contribution in [3.05, 3.63) is 27.9 Å². The van der Waals surface area contributed by atoms with Crippen molar-refractivity contribution in [3.8, 4) is 0 Å². The van der Waals surface area contributed by atoms with Gasteiger partial charge in [0.25, 0.3) is 5.69 Å². The highest BCUT2D eigenvalue weighted by atomic mass is 16.6. The Labute approximate surface area is 120 Å². The number of pyridine rings is 1. The second kappa shape index (κ2) is 6.20. The molecule has 20 heavy (non-hydrogen) atoms. The normalized spacial score (nSPS) is 18.8. The maximum Gasteiger partial charge on any atom is 0.290 e. The zero-order valence-corrected chi connectivity index (χ0v) is 12.5. The predicted octanol–water partition coefficient (Wildman–Crippen LogP) is 3.70. The van der Waals surface area contributed by atoms with Crippen molar-refractivity contribution in [2.75, 3.05) is 11.4 Å². The topological polar surface area (TPSA) is 59.3 Å². The molecule has 0 aliphatic carbocycles. The summed E-state index contributed by atoms with van der Waals surface area (Å²) in [5, 5.41) is 10.8. The van der Waals surface area contributed by atoms with E-state index in [1.54, 1.807) is 19.1 Å². The van der Waals surface area contributed by atoms with Crippen LogP contribution in [0.2, 0.25) is 0 Å². The second-order valence-corrected chi connectivity index (χ2v) is 5.99. The van der Waals surface area contributed by atoms with Gasteiger partial charge in [-0.15, -0.1) is 0 Å². The Morgan fingerprint density at radius 2 is 2.25 bits per heavy atom. The average molecular weight is 277 g/mol. The van der Waals surface area contributed by atoms with Crippen LogP contribution in [0, 0.1) is 23.0 Å². The molecule has 1 aromatic rings. The highest BCUT2D eigenvalue weighted by Gasteiger charge is 2.26. The Balaban J connectivity index is 2.13. The molecule has 2 heterocycles. The predicted molar refractivity (Wildman–Crippen MR) is 80.1 cm³/mol. The van der Waals surface area contributed by atoms with Crippen molar-refractivity contribution in [2.45, 2.75) is 52.5 Å². The van der Waals surface area contributed by atoms with E-state index in [9.17, 15) is 10.1 Å². The Bertz CT molecular complexity index is 488. The Morgan fingerprint density at radius 3 is 2.85 bits per heavy atom. The monoisotopic (exact) mass is 277 g/mol. The Kier molecular flexibility index (Phi) is 4.57. The molecule has 0 saturated carbocycles. The van der Waals surface area contributed by atoms with E-state index in [1.807, 2.05) is 0 Å². The minimum atomic E-state index is -0.369. The molecule has 5 heteroatoms. The molecule has 0 spiro atoms. The number of rotatable bonds is 5. The lowest BCUT2D eigenvalue weighted by Crippen LogP contribution is -2.30. The van der Waals surface area contributed by atoms with Crippen LogP contribution in [0.1, 0.15) is 45.2 Å². The lowest BCUT2D eigenvalue weighted by molar-refractivity contribution is -0.385. The molecular weight excluding hydrogens is 254 g/mol. The fraction of sp³-hybridized carbons (Fsp3) is 0.667. The molecule has 1 aliphatic rings. The van der Waals surface area contributed by atoms with Gasteiger partial charge in [0, 0.05) is 18.7 Å². The van der Waals surface area contributed by atoms with Gasteiger partial charge >= 0.3 is 0 Å². The molecule has 1 fully saturated rings. The molecule has 1 aromatic heterocycles. The molecule has 0 N–H and O–H groups in total. The summed E-state index contributed by atoms with van der Waals surface area (Å²) < 4.78 is 0. The van der Waals surface area contributed by atoms with Crippen molar-refractivity contribution in [2.24, 2.45) is 5.92 Å². The minimum absolute atomic E-state index is 0.103. The van der Waals surface area contributed by atoms with E-state index in [4.69, 9.17) is 0 Å². The molecule has 5 nitrogen and oxygen atoms in total. The summed E-state index contributed by atoms with van der Waals surface area (Å²) in [6.07, 6.45) is 4.77. The van der Waals surface area contributed by atoms with Crippen molar-refractivity contribution < 1.29 is 4.92 Å². The second-order valence-electron chi connectivity index (χ2n) is 5.99. The summed E-state index contributed by atoms with van der Waals surface area (Å²) in [7, 11) is 0. The van der Waals surface area contributed by atoms with Gasteiger partial charge < -0.3 is 4.90 Å². The molecule has 1 saturated heterocycles. The van der Waals surface area contributed by atoms with Crippen LogP contribution in [0.15, 0.2) is 12.1 Å². The quantitative estimate of drug-likeness (QED) is 0.608. The van der Waals surface area contributed by atoms with Crippen molar-refractivity contribution in [1.29, 1.82) is 0 Å². The first kappa shape index (κ1) is 14.8. The van der Waals surface area contributed by atoms with E-state index in [0.29, 0.717) is 17.7 Å². The van der Waals surface area contributed by atoms with E-state index < -0.39 is 0 Å². The standard InChI is InChI=1S/C15H23N3O2/c1-11(2)6-7-13-5-4-10-17(13)15-9-8-14(18(19)20)12(3)16-15/h8-9,11,13H,4-7,10H2,1-3H3. The number of nitrogens with zero attached hydrogens (tertiary/aromatic N) is 3. The highest BCUT2D eigenvalue weighted by molar-refractivity contribution is 5.48. The van der Waals surface area contributed by atoms with Crippen LogP contribution in [0.5, 0.6) is 0 Å². The maximum atomic E-state index is 10.8. The van der Waals surface area contributed by atoms with E-state index in [-0.39, 0.29) is 10.6 Å². The summed E-state index contributed by atoms with van der Waals surface area (Å²) in [6, 6.07) is 3.90. The van der Waals surface area contributed by atoms with Gasteiger partial charge in [-0.3, -0.25) is 10.1 Å². The third-order valence-electron chi connectivity index (χ3n) is 3.99. The number of anilines is 1. The van der Waals surface area contributed by atoms with Crippen LogP contribution in [-0.4, -0.2) is 22.5 Å². The Hall–Kier alpha value is -1.65. The zero-order valence-electron chi connectivity index (χ0n) is 12.5. The van der Waals surface area contributed by atoms with Gasteiger partial charge in [-0.25, -0.2) is 4.98 Å². The highest BCUT2D eigenvalue weighted by Crippen LogP contribution is 2.29. The number of nitro groups is 1. The summed E-state index contributed by atoms with van der Waals surface area (Å²) >= 11 is 0. The Morgan fingerprint density at radius 1 is 1.50 bits per heavy atom. The van der Waals surface area contributed by atoms with Crippen molar-refractivity contribution >= 4 is 11.5 Å². The summed E-state index contributed by atoms with van der Waals surface area (Å²) in [6.45, 7) is 7.20. The van der Waals surface area contributed by atoms with Crippen LogP contribution in [0.4, 0.5) is 11.5 Å². The van der Waals surface area contributed by atoms with Crippen LogP contribution < -0.4 is 4.90 Å². The molecule has 1 aliphatic heterocycles. The lowest BCUT2D eigenvalue weighted by Gasteiger charge is -2.26. The van der Waals surface area contributed by atoms with Crippen LogP contribution in [-0.2, 0) is 0 Å². The summed E-state index contributed by atoms with van der Waals surface area (Å²) in [5.74, 6) is 1.60. The van der Waals surface area contributed by atoms with E-state index in [2.05, 4.69) is 23.7 Å². The molecule has 0 radical (unpaired) electrons. The molecule has 1 unspecified atom stereocenters. The number of aryl methyl sites for hydroxylation is 1. The third-order valence-corrected chi connectivity index (χ3v) is 3.99. The maximum absolute atomic E-state index is 10.8. The number of aromatic nitrogens is 1.